The molecule has 1 aromatic heterocycles. The summed E-state index contributed by atoms with van der Waals surface area (Å²) >= 11 is 0. The highest BCUT2D eigenvalue weighted by atomic mass is 32.2. The summed E-state index contributed by atoms with van der Waals surface area (Å²) in [7, 11) is -3.15. The number of amides is 1. The third-order valence-electron chi connectivity index (χ3n) is 4.16. The minimum absolute atomic E-state index is 0.0839. The maximum Gasteiger partial charge on any atom is 0.251 e. The van der Waals surface area contributed by atoms with Crippen LogP contribution in [0.1, 0.15) is 34.5 Å². The van der Waals surface area contributed by atoms with Gasteiger partial charge in [-0.25, -0.2) is 13.4 Å². The van der Waals surface area contributed by atoms with Gasteiger partial charge in [-0.15, -0.1) is 0 Å². The molecule has 140 valence electrons. The zero-order chi connectivity index (χ0) is 19.4. The van der Waals surface area contributed by atoms with E-state index in [9.17, 15) is 13.2 Å². The fourth-order valence-corrected chi connectivity index (χ4v) is 3.60. The van der Waals surface area contributed by atoms with Crippen LogP contribution in [0.15, 0.2) is 67.3 Å². The number of rotatable bonds is 6. The molecule has 1 unspecified atom stereocenters. The number of hydrogen-bond donors (Lipinski definition) is 1. The molecule has 1 amide bonds. The second kappa shape index (κ2) is 7.75. The van der Waals surface area contributed by atoms with Gasteiger partial charge in [0, 0.05) is 29.9 Å². The van der Waals surface area contributed by atoms with Crippen LogP contribution in [0.25, 0.3) is 5.69 Å². The Bertz CT molecular complexity index is 1030. The highest BCUT2D eigenvalue weighted by Gasteiger charge is 2.13. The molecular weight excluding hydrogens is 362 g/mol. The van der Waals surface area contributed by atoms with E-state index in [-0.39, 0.29) is 17.7 Å². The number of sulfone groups is 1. The van der Waals surface area contributed by atoms with Crippen LogP contribution in [0.5, 0.6) is 0 Å². The quantitative estimate of drug-likeness (QED) is 0.710. The summed E-state index contributed by atoms with van der Waals surface area (Å²) in [5, 5.41) is 2.95. The molecule has 0 bridgehead atoms. The Balaban J connectivity index is 1.69. The molecule has 1 heterocycles. The number of imidazole rings is 1. The number of nitrogens with zero attached hydrogens (tertiary/aromatic N) is 2. The molecule has 2 aromatic carbocycles. The molecule has 1 N–H and O–H groups in total. The highest BCUT2D eigenvalue weighted by Crippen LogP contribution is 2.17. The lowest BCUT2D eigenvalue weighted by Crippen LogP contribution is -2.26. The van der Waals surface area contributed by atoms with Crippen LogP contribution in [0.3, 0.4) is 0 Å². The molecule has 1 atom stereocenters. The lowest BCUT2D eigenvalue weighted by Gasteiger charge is -2.15. The molecule has 0 radical (unpaired) electrons. The van der Waals surface area contributed by atoms with Crippen LogP contribution in [0.2, 0.25) is 0 Å². The standard InChI is InChI=1S/C20H21N3O3S/c1-15(17-6-8-19(9-7-17)23-11-10-21-14-23)22-20(24)18-5-3-4-16(12-18)13-27(2,25)26/h3-12,14-15H,13H2,1-2H3,(H,22,24). The molecule has 3 aromatic rings. The number of benzene rings is 2. The number of aromatic nitrogens is 2. The van der Waals surface area contributed by atoms with Gasteiger partial charge in [0.05, 0.1) is 18.1 Å². The molecule has 0 aliphatic rings. The van der Waals surface area contributed by atoms with Gasteiger partial charge in [0.25, 0.3) is 5.91 Å². The van der Waals surface area contributed by atoms with Crippen molar-refractivity contribution in [1.29, 1.82) is 0 Å². The summed E-state index contributed by atoms with van der Waals surface area (Å²) in [5.74, 6) is -0.323. The molecule has 0 spiro atoms. The van der Waals surface area contributed by atoms with E-state index in [0.29, 0.717) is 11.1 Å². The topological polar surface area (TPSA) is 81.1 Å². The maximum atomic E-state index is 12.5. The first kappa shape index (κ1) is 18.8. The van der Waals surface area contributed by atoms with Gasteiger partial charge in [-0.3, -0.25) is 4.79 Å². The summed E-state index contributed by atoms with van der Waals surface area (Å²) in [6.07, 6.45) is 6.48. The van der Waals surface area contributed by atoms with Crippen molar-refractivity contribution in [2.75, 3.05) is 6.26 Å². The minimum Gasteiger partial charge on any atom is -0.346 e. The summed E-state index contributed by atoms with van der Waals surface area (Å²) in [6.45, 7) is 1.91. The van der Waals surface area contributed by atoms with Crippen LogP contribution in [0, 0.1) is 0 Å². The van der Waals surface area contributed by atoms with E-state index < -0.39 is 9.84 Å². The van der Waals surface area contributed by atoms with E-state index in [1.807, 2.05) is 42.0 Å². The summed E-state index contributed by atoms with van der Waals surface area (Å²) < 4.78 is 24.8. The van der Waals surface area contributed by atoms with Crippen molar-refractivity contribution in [2.24, 2.45) is 0 Å². The molecule has 0 saturated carbocycles. The highest BCUT2D eigenvalue weighted by molar-refractivity contribution is 7.89. The lowest BCUT2D eigenvalue weighted by atomic mass is 10.1. The van der Waals surface area contributed by atoms with Crippen molar-refractivity contribution in [1.82, 2.24) is 14.9 Å². The average Bonchev–Trinajstić information content (AvgIpc) is 3.15. The molecular formula is C20H21N3O3S. The van der Waals surface area contributed by atoms with Gasteiger partial charge in [0.2, 0.25) is 0 Å². The Labute approximate surface area is 158 Å². The van der Waals surface area contributed by atoms with E-state index in [1.165, 1.54) is 6.26 Å². The molecule has 27 heavy (non-hydrogen) atoms. The molecule has 3 rings (SSSR count). The number of hydrogen-bond acceptors (Lipinski definition) is 4. The smallest absolute Gasteiger partial charge is 0.251 e. The van der Waals surface area contributed by atoms with Gasteiger partial charge in [-0.2, -0.15) is 0 Å². The normalized spacial score (nSPS) is 12.5. The predicted octanol–water partition coefficient (Wildman–Crippen LogP) is 2.91. The molecule has 0 aliphatic heterocycles. The number of carbonyl (C=O) groups excluding carboxylic acids is 1. The fourth-order valence-electron chi connectivity index (χ4n) is 2.82. The molecule has 0 saturated heterocycles. The van der Waals surface area contributed by atoms with Crippen molar-refractivity contribution < 1.29 is 13.2 Å². The predicted molar refractivity (Wildman–Crippen MR) is 104 cm³/mol. The Hall–Kier alpha value is -2.93. The van der Waals surface area contributed by atoms with Crippen LogP contribution < -0.4 is 5.32 Å². The largest absolute Gasteiger partial charge is 0.346 e. The average molecular weight is 383 g/mol. The Morgan fingerprint density at radius 2 is 1.93 bits per heavy atom. The minimum atomic E-state index is -3.15. The van der Waals surface area contributed by atoms with E-state index in [2.05, 4.69) is 10.3 Å². The summed E-state index contributed by atoms with van der Waals surface area (Å²) in [4.78, 5) is 16.6. The first-order valence-electron chi connectivity index (χ1n) is 8.48. The molecule has 6 nitrogen and oxygen atoms in total. The van der Waals surface area contributed by atoms with Crippen molar-refractivity contribution in [3.63, 3.8) is 0 Å². The fraction of sp³-hybridized carbons (Fsp3) is 0.200. The van der Waals surface area contributed by atoms with Crippen LogP contribution in [-0.4, -0.2) is 30.1 Å². The second-order valence-electron chi connectivity index (χ2n) is 6.53. The lowest BCUT2D eigenvalue weighted by molar-refractivity contribution is 0.0939. The zero-order valence-electron chi connectivity index (χ0n) is 15.2. The zero-order valence-corrected chi connectivity index (χ0v) is 16.0. The van der Waals surface area contributed by atoms with Crippen molar-refractivity contribution in [2.45, 2.75) is 18.7 Å². The number of nitrogens with one attached hydrogen (secondary N) is 1. The van der Waals surface area contributed by atoms with E-state index in [0.717, 1.165) is 11.3 Å². The Morgan fingerprint density at radius 3 is 2.56 bits per heavy atom. The molecule has 7 heteroatoms. The van der Waals surface area contributed by atoms with Gasteiger partial charge < -0.3 is 9.88 Å². The van der Waals surface area contributed by atoms with Gasteiger partial charge in [0.15, 0.2) is 9.84 Å². The van der Waals surface area contributed by atoms with Gasteiger partial charge in [0.1, 0.15) is 0 Å². The third kappa shape index (κ3) is 5.04. The van der Waals surface area contributed by atoms with Crippen LogP contribution in [0.4, 0.5) is 0 Å². The molecule has 0 aliphatic carbocycles. The van der Waals surface area contributed by atoms with E-state index in [1.54, 1.807) is 36.8 Å². The third-order valence-corrected chi connectivity index (χ3v) is 5.02. The Morgan fingerprint density at radius 1 is 1.19 bits per heavy atom. The molecule has 0 fully saturated rings. The van der Waals surface area contributed by atoms with Crippen molar-refractivity contribution >= 4 is 15.7 Å². The van der Waals surface area contributed by atoms with Crippen molar-refractivity contribution in [3.05, 3.63) is 83.9 Å². The maximum absolute atomic E-state index is 12.5. The first-order valence-corrected chi connectivity index (χ1v) is 10.5. The van der Waals surface area contributed by atoms with Crippen molar-refractivity contribution in [3.8, 4) is 5.69 Å². The van der Waals surface area contributed by atoms with Gasteiger partial charge >= 0.3 is 0 Å². The SMILES string of the molecule is CC(NC(=O)c1cccc(CS(C)(=O)=O)c1)c1ccc(-n2ccnc2)cc1. The first-order chi connectivity index (χ1) is 12.8. The van der Waals surface area contributed by atoms with E-state index >= 15 is 0 Å². The number of carbonyl (C=O) groups is 1. The monoisotopic (exact) mass is 383 g/mol. The summed E-state index contributed by atoms with van der Waals surface area (Å²) in [5.41, 5.74) is 3.00. The van der Waals surface area contributed by atoms with Gasteiger partial charge in [-0.1, -0.05) is 24.3 Å². The Kier molecular flexibility index (Phi) is 5.41. The van der Waals surface area contributed by atoms with Crippen LogP contribution >= 0.6 is 0 Å². The second-order valence-corrected chi connectivity index (χ2v) is 8.67. The summed E-state index contributed by atoms with van der Waals surface area (Å²) in [6, 6.07) is 14.4. The van der Waals surface area contributed by atoms with Crippen LogP contribution in [-0.2, 0) is 15.6 Å². The van der Waals surface area contributed by atoms with Gasteiger partial charge in [-0.05, 0) is 42.3 Å². The van der Waals surface area contributed by atoms with E-state index in [4.69, 9.17) is 0 Å².